The van der Waals surface area contributed by atoms with Crippen molar-refractivity contribution in [1.29, 1.82) is 0 Å². The molecule has 0 saturated carbocycles. The minimum atomic E-state index is -0.172. The maximum absolute atomic E-state index is 11.3. The van der Waals surface area contributed by atoms with Crippen LogP contribution < -0.4 is 9.57 Å². The summed E-state index contributed by atoms with van der Waals surface area (Å²) in [5.41, 5.74) is 1.24. The van der Waals surface area contributed by atoms with Crippen LogP contribution in [0.1, 0.15) is 25.3 Å². The first-order valence-corrected chi connectivity index (χ1v) is 8.45. The van der Waals surface area contributed by atoms with Gasteiger partial charge in [-0.05, 0) is 42.8 Å². The molecule has 1 aromatic rings. The number of hydrogen-bond donors (Lipinski definition) is 1. The van der Waals surface area contributed by atoms with E-state index in [2.05, 4.69) is 4.84 Å². The van der Waals surface area contributed by atoms with Crippen molar-refractivity contribution in [1.82, 2.24) is 4.84 Å². The van der Waals surface area contributed by atoms with Gasteiger partial charge in [0.2, 0.25) is 0 Å². The molecule has 0 fully saturated rings. The second-order valence-corrected chi connectivity index (χ2v) is 5.76. The molecule has 0 unspecified atom stereocenters. The third kappa shape index (κ3) is 7.60. The fourth-order valence-corrected chi connectivity index (χ4v) is 3.09. The predicted molar refractivity (Wildman–Crippen MR) is 87.8 cm³/mol. The fourth-order valence-electron chi connectivity index (χ4n) is 1.74. The van der Waals surface area contributed by atoms with Gasteiger partial charge in [0, 0.05) is 24.0 Å². The number of benzene rings is 1. The number of carbonyl (C=O) groups is 1. The molecule has 4 nitrogen and oxygen atoms in total. The lowest BCUT2D eigenvalue weighted by molar-refractivity contribution is -0.143. The molecule has 0 radical (unpaired) electrons. The highest BCUT2D eigenvalue weighted by Gasteiger charge is 2.11. The van der Waals surface area contributed by atoms with Crippen LogP contribution in [-0.2, 0) is 15.3 Å². The summed E-state index contributed by atoms with van der Waals surface area (Å²) in [6, 6.07) is 8.10. The number of hydrogen-bond acceptors (Lipinski definition) is 5. The highest BCUT2D eigenvalue weighted by molar-refractivity contribution is 7.98. The first-order valence-electron chi connectivity index (χ1n) is 6.92. The van der Waals surface area contributed by atoms with Crippen LogP contribution in [0.4, 0.5) is 0 Å². The van der Waals surface area contributed by atoms with Crippen molar-refractivity contribution >= 4 is 29.5 Å². The summed E-state index contributed by atoms with van der Waals surface area (Å²) in [5.74, 6) is 2.43. The van der Waals surface area contributed by atoms with E-state index in [0.717, 1.165) is 17.3 Å². The van der Waals surface area contributed by atoms with Crippen molar-refractivity contribution in [2.75, 3.05) is 19.5 Å². The summed E-state index contributed by atoms with van der Waals surface area (Å²) in [4.78, 5) is 14.0. The number of halogens is 1. The molecule has 0 heterocycles. The van der Waals surface area contributed by atoms with Crippen LogP contribution in [0.2, 0.25) is 0 Å². The Morgan fingerprint density at radius 2 is 2.10 bits per heavy atom. The van der Waals surface area contributed by atoms with E-state index in [-0.39, 0.29) is 12.0 Å². The van der Waals surface area contributed by atoms with E-state index in [1.165, 1.54) is 5.56 Å². The Morgan fingerprint density at radius 1 is 1.38 bits per heavy atom. The van der Waals surface area contributed by atoms with Crippen LogP contribution in [0.25, 0.3) is 0 Å². The van der Waals surface area contributed by atoms with E-state index in [1.54, 1.807) is 25.8 Å². The molecule has 1 rings (SSSR count). The van der Waals surface area contributed by atoms with Crippen LogP contribution in [0, 0.1) is 0 Å². The van der Waals surface area contributed by atoms with Crippen LogP contribution >= 0.6 is 23.5 Å². The van der Waals surface area contributed by atoms with Crippen LogP contribution in [0.3, 0.4) is 0 Å². The van der Waals surface area contributed by atoms with Gasteiger partial charge in [0.05, 0.1) is 13.7 Å². The second kappa shape index (κ2) is 10.8. The molecular weight excluding hydrogens is 310 g/mol. The molecule has 0 saturated heterocycles. The summed E-state index contributed by atoms with van der Waals surface area (Å²) < 4.78 is 10.0. The molecule has 118 valence electrons. The molecular formula is C15H22ClNO3S. The molecule has 6 heteroatoms. The Balaban J connectivity index is 2.26. The molecule has 0 spiro atoms. The monoisotopic (exact) mass is 331 g/mol. The van der Waals surface area contributed by atoms with Crippen molar-refractivity contribution < 1.29 is 14.3 Å². The molecule has 0 bridgehead atoms. The Labute approximate surface area is 135 Å². The number of ether oxygens (including phenoxy) is 2. The summed E-state index contributed by atoms with van der Waals surface area (Å²) >= 11 is 7.50. The summed E-state index contributed by atoms with van der Waals surface area (Å²) in [6.07, 6.45) is 1.07. The molecule has 1 atom stereocenters. The average molecular weight is 332 g/mol. The quantitative estimate of drug-likeness (QED) is 0.526. The van der Waals surface area contributed by atoms with Crippen molar-refractivity contribution in [3.8, 4) is 5.75 Å². The van der Waals surface area contributed by atoms with Gasteiger partial charge in [0.15, 0.2) is 0 Å². The number of thioether (sulfide) groups is 1. The van der Waals surface area contributed by atoms with Crippen molar-refractivity contribution in [3.05, 3.63) is 29.8 Å². The van der Waals surface area contributed by atoms with Gasteiger partial charge in [-0.25, -0.2) is 4.84 Å². The highest BCUT2D eigenvalue weighted by atomic mass is 35.5. The largest absolute Gasteiger partial charge is 0.497 e. The number of rotatable bonds is 10. The summed E-state index contributed by atoms with van der Waals surface area (Å²) in [5, 5.41) is 0. The summed E-state index contributed by atoms with van der Waals surface area (Å²) in [6.45, 7) is 2.23. The van der Waals surface area contributed by atoms with Gasteiger partial charge in [0.25, 0.3) is 0 Å². The maximum atomic E-state index is 11.3. The van der Waals surface area contributed by atoms with E-state index >= 15 is 0 Å². The van der Waals surface area contributed by atoms with Crippen molar-refractivity contribution in [2.24, 2.45) is 0 Å². The van der Waals surface area contributed by atoms with Gasteiger partial charge in [-0.2, -0.15) is 11.8 Å². The van der Waals surface area contributed by atoms with E-state index in [4.69, 9.17) is 21.3 Å². The van der Waals surface area contributed by atoms with Gasteiger partial charge in [-0.1, -0.05) is 12.1 Å². The number of esters is 1. The van der Waals surface area contributed by atoms with Crippen LogP contribution in [0.15, 0.2) is 24.3 Å². The number of carbonyl (C=O) groups excluding carboxylic acids is 1. The third-order valence-corrected chi connectivity index (χ3v) is 4.39. The first-order chi connectivity index (χ1) is 10.2. The molecule has 1 N–H and O–H groups in total. The zero-order chi connectivity index (χ0) is 15.5. The van der Waals surface area contributed by atoms with Crippen molar-refractivity contribution in [3.63, 3.8) is 0 Å². The van der Waals surface area contributed by atoms with Crippen LogP contribution in [-0.4, -0.2) is 31.5 Å². The van der Waals surface area contributed by atoms with E-state index in [0.29, 0.717) is 19.4 Å². The SMILES string of the molecule is CCOC(=O)CC[C@H](CSCc1ccc(OC)cc1)NCl. The first kappa shape index (κ1) is 18.1. The maximum Gasteiger partial charge on any atom is 0.305 e. The van der Waals surface area contributed by atoms with Gasteiger partial charge in [-0.3, -0.25) is 4.79 Å². The topological polar surface area (TPSA) is 47.6 Å². The van der Waals surface area contributed by atoms with Gasteiger partial charge in [-0.15, -0.1) is 0 Å². The van der Waals surface area contributed by atoms with Gasteiger partial charge in [0.1, 0.15) is 5.75 Å². The smallest absolute Gasteiger partial charge is 0.305 e. The van der Waals surface area contributed by atoms with Crippen molar-refractivity contribution in [2.45, 2.75) is 31.6 Å². The number of methoxy groups -OCH3 is 1. The lowest BCUT2D eigenvalue weighted by Crippen LogP contribution is -2.25. The third-order valence-electron chi connectivity index (χ3n) is 2.90. The molecule has 0 aromatic heterocycles. The standard InChI is InChI=1S/C15H22ClNO3S/c1-3-20-15(18)9-6-13(17-16)11-21-10-12-4-7-14(19-2)8-5-12/h4-5,7-8,13,17H,3,6,9-11H2,1-2H3/t13-/m1/s1. The Hall–Kier alpha value is -0.910. The number of nitrogens with one attached hydrogen (secondary N) is 1. The molecule has 0 aliphatic carbocycles. The predicted octanol–water partition coefficient (Wildman–Crippen LogP) is 3.38. The normalized spacial score (nSPS) is 12.0. The average Bonchev–Trinajstić information content (AvgIpc) is 2.51. The minimum Gasteiger partial charge on any atom is -0.497 e. The molecule has 0 aliphatic heterocycles. The highest BCUT2D eigenvalue weighted by Crippen LogP contribution is 2.18. The van der Waals surface area contributed by atoms with E-state index in [9.17, 15) is 4.79 Å². The lowest BCUT2D eigenvalue weighted by atomic mass is 10.2. The Kier molecular flexibility index (Phi) is 9.30. The minimum absolute atomic E-state index is 0.0966. The molecule has 1 aromatic carbocycles. The fraction of sp³-hybridized carbons (Fsp3) is 0.533. The van der Waals surface area contributed by atoms with Gasteiger partial charge >= 0.3 is 5.97 Å². The Morgan fingerprint density at radius 3 is 2.67 bits per heavy atom. The zero-order valence-electron chi connectivity index (χ0n) is 12.4. The lowest BCUT2D eigenvalue weighted by Gasteiger charge is -2.13. The molecule has 0 aliphatic rings. The summed E-state index contributed by atoms with van der Waals surface area (Å²) in [7, 11) is 1.66. The Bertz CT molecular complexity index is 414. The molecule has 0 amide bonds. The second-order valence-electron chi connectivity index (χ2n) is 4.51. The van der Waals surface area contributed by atoms with Crippen LogP contribution in [0.5, 0.6) is 5.75 Å². The molecule has 21 heavy (non-hydrogen) atoms. The van der Waals surface area contributed by atoms with E-state index < -0.39 is 0 Å². The zero-order valence-corrected chi connectivity index (χ0v) is 14.0. The van der Waals surface area contributed by atoms with Gasteiger partial charge < -0.3 is 9.47 Å². The van der Waals surface area contributed by atoms with E-state index in [1.807, 2.05) is 24.3 Å².